The summed E-state index contributed by atoms with van der Waals surface area (Å²) in [6.45, 7) is 2.59. The molecule has 3 aromatic rings. The number of hydrogen-bond donors (Lipinski definition) is 2. The molecule has 2 aromatic heterocycles. The van der Waals surface area contributed by atoms with Crippen LogP contribution in [0.1, 0.15) is 10.7 Å². The number of anilines is 1. The fourth-order valence-electron chi connectivity index (χ4n) is 2.51. The third-order valence-electron chi connectivity index (χ3n) is 3.70. The first-order valence-corrected chi connectivity index (χ1v) is 8.88. The Bertz CT molecular complexity index is 980. The second-order valence-electron chi connectivity index (χ2n) is 6.01. The van der Waals surface area contributed by atoms with Gasteiger partial charge >= 0.3 is 0 Å². The summed E-state index contributed by atoms with van der Waals surface area (Å²) >= 11 is 1.36. The number of carbonyl (C=O) groups is 1. The number of amides is 1. The lowest BCUT2D eigenvalue weighted by Crippen LogP contribution is -3.08. The summed E-state index contributed by atoms with van der Waals surface area (Å²) in [6.07, 6.45) is 0. The minimum atomic E-state index is -0.190. The van der Waals surface area contributed by atoms with Gasteiger partial charge in [-0.05, 0) is 31.2 Å². The molecule has 9 heteroatoms. The number of aromatic nitrogens is 3. The average molecular weight is 374 g/mol. The number of carbonyl (C=O) groups excluding carboxylic acids is 1. The minimum absolute atomic E-state index is 0.0973. The highest BCUT2D eigenvalue weighted by Gasteiger charge is 2.15. The first kappa shape index (κ1) is 18.0. The summed E-state index contributed by atoms with van der Waals surface area (Å²) in [6, 6.07) is 8.62. The zero-order valence-electron chi connectivity index (χ0n) is 14.8. The van der Waals surface area contributed by atoms with Gasteiger partial charge in [-0.3, -0.25) is 9.59 Å². The summed E-state index contributed by atoms with van der Waals surface area (Å²) in [7, 11) is 3.50. The SMILES string of the molecule is COc1ccc(NC(=O)C[NH+](C)Cc2nn3c(=O)cc(C)nc3s2)cc1. The molecule has 8 nitrogen and oxygen atoms in total. The maximum absolute atomic E-state index is 12.2. The molecule has 0 bridgehead atoms. The summed E-state index contributed by atoms with van der Waals surface area (Å²) in [4.78, 5) is 29.9. The second kappa shape index (κ2) is 7.63. The second-order valence-corrected chi connectivity index (χ2v) is 7.05. The number of fused-ring (bicyclic) bond motifs is 1. The Labute approximate surface area is 154 Å². The van der Waals surface area contributed by atoms with E-state index < -0.39 is 0 Å². The van der Waals surface area contributed by atoms with E-state index in [0.717, 1.165) is 21.3 Å². The molecule has 0 saturated heterocycles. The molecular weight excluding hydrogens is 354 g/mol. The molecule has 2 heterocycles. The summed E-state index contributed by atoms with van der Waals surface area (Å²) in [5.41, 5.74) is 1.20. The molecule has 1 amide bonds. The van der Waals surface area contributed by atoms with Gasteiger partial charge in [0.05, 0.1) is 14.2 Å². The Morgan fingerprint density at radius 1 is 1.35 bits per heavy atom. The molecule has 0 saturated carbocycles. The van der Waals surface area contributed by atoms with Crippen molar-refractivity contribution >= 4 is 27.9 Å². The van der Waals surface area contributed by atoms with Crippen LogP contribution < -0.4 is 20.5 Å². The number of nitrogens with zero attached hydrogens (tertiary/aromatic N) is 3. The quantitative estimate of drug-likeness (QED) is 0.640. The number of nitrogens with one attached hydrogen (secondary N) is 2. The Balaban J connectivity index is 1.61. The zero-order chi connectivity index (χ0) is 18.7. The van der Waals surface area contributed by atoms with Gasteiger partial charge in [0.25, 0.3) is 11.5 Å². The highest BCUT2D eigenvalue weighted by molar-refractivity contribution is 7.16. The number of hydrogen-bond acceptors (Lipinski definition) is 6. The van der Waals surface area contributed by atoms with E-state index in [1.807, 2.05) is 7.05 Å². The molecular formula is C17H20N5O3S+. The van der Waals surface area contributed by atoms with Gasteiger partial charge in [-0.15, -0.1) is 0 Å². The molecule has 0 aliphatic carbocycles. The van der Waals surface area contributed by atoms with Crippen LogP contribution in [0, 0.1) is 6.92 Å². The smallest absolute Gasteiger partial charge is 0.279 e. The van der Waals surface area contributed by atoms with Gasteiger partial charge in [-0.1, -0.05) is 11.3 Å². The highest BCUT2D eigenvalue weighted by Crippen LogP contribution is 2.14. The molecule has 2 N–H and O–H groups in total. The number of ether oxygens (including phenoxy) is 1. The van der Waals surface area contributed by atoms with Crippen LogP contribution >= 0.6 is 11.3 Å². The lowest BCUT2D eigenvalue weighted by Gasteiger charge is -2.12. The molecule has 3 rings (SSSR count). The number of rotatable bonds is 6. The van der Waals surface area contributed by atoms with Gasteiger partial charge in [0, 0.05) is 17.4 Å². The molecule has 136 valence electrons. The van der Waals surface area contributed by atoms with Crippen molar-refractivity contribution in [1.29, 1.82) is 0 Å². The molecule has 0 spiro atoms. The molecule has 26 heavy (non-hydrogen) atoms. The predicted octanol–water partition coefficient (Wildman–Crippen LogP) is 0.121. The fraction of sp³-hybridized carbons (Fsp3) is 0.294. The maximum Gasteiger partial charge on any atom is 0.279 e. The summed E-state index contributed by atoms with van der Waals surface area (Å²) in [5, 5.41) is 7.91. The predicted molar refractivity (Wildman–Crippen MR) is 99.0 cm³/mol. The van der Waals surface area contributed by atoms with Crippen LogP contribution in [0.25, 0.3) is 4.96 Å². The van der Waals surface area contributed by atoms with Crippen LogP contribution in [0.3, 0.4) is 0 Å². The van der Waals surface area contributed by atoms with E-state index in [0.29, 0.717) is 17.2 Å². The van der Waals surface area contributed by atoms with Crippen LogP contribution in [0.4, 0.5) is 5.69 Å². The molecule has 0 aliphatic rings. The first-order chi connectivity index (χ1) is 12.4. The van der Waals surface area contributed by atoms with Gasteiger partial charge < -0.3 is 15.0 Å². The molecule has 0 aliphatic heterocycles. The Hall–Kier alpha value is -2.78. The van der Waals surface area contributed by atoms with Crippen molar-refractivity contribution in [3.63, 3.8) is 0 Å². The summed E-state index contributed by atoms with van der Waals surface area (Å²) in [5.74, 6) is 0.639. The van der Waals surface area contributed by atoms with Crippen LogP contribution in [0.5, 0.6) is 5.75 Å². The van der Waals surface area contributed by atoms with E-state index in [9.17, 15) is 9.59 Å². The number of likely N-dealkylation sites (N-methyl/N-ethyl adjacent to an activating group) is 1. The van der Waals surface area contributed by atoms with E-state index in [2.05, 4.69) is 15.4 Å². The lowest BCUT2D eigenvalue weighted by atomic mass is 10.3. The van der Waals surface area contributed by atoms with Gasteiger partial charge in [-0.25, -0.2) is 4.98 Å². The van der Waals surface area contributed by atoms with E-state index in [-0.39, 0.29) is 18.0 Å². The number of quaternary nitrogens is 1. The first-order valence-electron chi connectivity index (χ1n) is 8.06. The van der Waals surface area contributed by atoms with E-state index in [4.69, 9.17) is 4.74 Å². The summed E-state index contributed by atoms with van der Waals surface area (Å²) < 4.78 is 6.40. The zero-order valence-corrected chi connectivity index (χ0v) is 15.6. The fourth-order valence-corrected chi connectivity index (χ4v) is 3.56. The van der Waals surface area contributed by atoms with Gasteiger partial charge in [0.15, 0.2) is 11.6 Å². The van der Waals surface area contributed by atoms with Crippen molar-refractivity contribution < 1.29 is 14.4 Å². The Kier molecular flexibility index (Phi) is 5.29. The molecule has 1 atom stereocenters. The van der Waals surface area contributed by atoms with Crippen molar-refractivity contribution in [3.8, 4) is 5.75 Å². The topological polar surface area (TPSA) is 90.0 Å². The number of benzene rings is 1. The Morgan fingerprint density at radius 2 is 2.08 bits per heavy atom. The maximum atomic E-state index is 12.2. The third kappa shape index (κ3) is 4.24. The van der Waals surface area contributed by atoms with Crippen LogP contribution in [0.15, 0.2) is 35.1 Å². The molecule has 1 unspecified atom stereocenters. The average Bonchev–Trinajstić information content (AvgIpc) is 2.97. The third-order valence-corrected chi connectivity index (χ3v) is 4.61. The van der Waals surface area contributed by atoms with Gasteiger partial charge in [0.1, 0.15) is 12.3 Å². The molecule has 1 aromatic carbocycles. The van der Waals surface area contributed by atoms with E-state index in [1.54, 1.807) is 38.3 Å². The van der Waals surface area contributed by atoms with Crippen LogP contribution in [-0.4, -0.2) is 41.2 Å². The molecule has 0 radical (unpaired) electrons. The van der Waals surface area contributed by atoms with Crippen molar-refractivity contribution in [3.05, 3.63) is 51.4 Å². The van der Waals surface area contributed by atoms with E-state index >= 15 is 0 Å². The van der Waals surface area contributed by atoms with Crippen LogP contribution in [-0.2, 0) is 11.3 Å². The molecule has 0 fully saturated rings. The number of aryl methyl sites for hydroxylation is 1. The normalized spacial score (nSPS) is 12.1. The largest absolute Gasteiger partial charge is 0.497 e. The van der Waals surface area contributed by atoms with Gasteiger partial charge in [-0.2, -0.15) is 9.61 Å². The van der Waals surface area contributed by atoms with Crippen molar-refractivity contribution in [1.82, 2.24) is 14.6 Å². The standard InChI is InChI=1S/C17H19N5O3S/c1-11-8-16(24)22-17(18-11)26-15(20-22)10-21(2)9-14(23)19-12-4-6-13(25-3)7-5-12/h4-8H,9-10H2,1-3H3,(H,19,23)/p+1. The monoisotopic (exact) mass is 374 g/mol. The Morgan fingerprint density at radius 3 is 2.77 bits per heavy atom. The number of methoxy groups -OCH3 is 1. The van der Waals surface area contributed by atoms with E-state index in [1.165, 1.54) is 21.9 Å². The lowest BCUT2D eigenvalue weighted by molar-refractivity contribution is -0.885. The van der Waals surface area contributed by atoms with Crippen molar-refractivity contribution in [2.24, 2.45) is 0 Å². The van der Waals surface area contributed by atoms with Crippen molar-refractivity contribution in [2.45, 2.75) is 13.5 Å². The van der Waals surface area contributed by atoms with Gasteiger partial charge in [0.2, 0.25) is 4.96 Å². The highest BCUT2D eigenvalue weighted by atomic mass is 32.1. The minimum Gasteiger partial charge on any atom is -0.497 e. The van der Waals surface area contributed by atoms with Crippen LogP contribution in [0.2, 0.25) is 0 Å². The van der Waals surface area contributed by atoms with Crippen molar-refractivity contribution in [2.75, 3.05) is 26.0 Å².